The molecule has 358 valence electrons. The molecule has 2 unspecified atom stereocenters. The Balaban J connectivity index is 3.99. The van der Waals surface area contributed by atoms with Gasteiger partial charge < -0.3 is 20.1 Å². The molecule has 9 nitrogen and oxygen atoms in total. The summed E-state index contributed by atoms with van der Waals surface area (Å²) in [6.07, 6.45) is 54.7. The molecule has 2 atom stereocenters. The highest BCUT2D eigenvalue weighted by molar-refractivity contribution is 7.47. The van der Waals surface area contributed by atoms with Gasteiger partial charge in [0.15, 0.2) is 6.10 Å². The molecule has 0 aromatic rings. The highest BCUT2D eigenvalue weighted by Crippen LogP contribution is 2.43. The molecule has 0 aliphatic carbocycles. The zero-order valence-corrected chi connectivity index (χ0v) is 40.5. The number of nitrogens with two attached hydrogens (primary N) is 1. The lowest BCUT2D eigenvalue weighted by Gasteiger charge is -2.19. The monoisotopic (exact) mass is 882 g/mol. The highest BCUT2D eigenvalue weighted by atomic mass is 31.2. The van der Waals surface area contributed by atoms with Crippen molar-refractivity contribution in [1.82, 2.24) is 0 Å². The number of rotatable bonds is 48. The van der Waals surface area contributed by atoms with Gasteiger partial charge in [-0.3, -0.25) is 18.6 Å². The summed E-state index contributed by atoms with van der Waals surface area (Å²) >= 11 is 0. The third-order valence-corrected chi connectivity index (χ3v) is 12.0. The van der Waals surface area contributed by atoms with Crippen LogP contribution in [0.4, 0.5) is 0 Å². The number of carbonyl (C=O) groups is 2. The Morgan fingerprint density at radius 3 is 1.30 bits per heavy atom. The van der Waals surface area contributed by atoms with Crippen LogP contribution in [-0.4, -0.2) is 49.3 Å². The minimum atomic E-state index is -4.38. The molecule has 0 aromatic heterocycles. The minimum absolute atomic E-state index is 0.0513. The zero-order valence-electron chi connectivity index (χ0n) is 39.7. The number of phosphoric acid groups is 1. The van der Waals surface area contributed by atoms with E-state index in [0.29, 0.717) is 6.42 Å². The van der Waals surface area contributed by atoms with Gasteiger partial charge >= 0.3 is 19.8 Å². The normalized spacial score (nSPS) is 13.4. The Morgan fingerprint density at radius 2 is 0.852 bits per heavy atom. The molecule has 0 spiro atoms. The molecule has 0 radical (unpaired) electrons. The number of unbranched alkanes of at least 4 members (excludes halogenated alkanes) is 29. The third kappa shape index (κ3) is 47.5. The fourth-order valence-electron chi connectivity index (χ4n) is 7.19. The first-order chi connectivity index (χ1) is 29.8. The maximum atomic E-state index is 12.6. The lowest BCUT2D eigenvalue weighted by Crippen LogP contribution is -2.29. The van der Waals surface area contributed by atoms with E-state index in [4.69, 9.17) is 24.3 Å². The van der Waals surface area contributed by atoms with Gasteiger partial charge in [-0.25, -0.2) is 4.57 Å². The molecular weight excluding hydrogens is 786 g/mol. The summed E-state index contributed by atoms with van der Waals surface area (Å²) in [6, 6.07) is 0. The Morgan fingerprint density at radius 1 is 0.492 bits per heavy atom. The van der Waals surface area contributed by atoms with Crippen molar-refractivity contribution in [3.8, 4) is 0 Å². The van der Waals surface area contributed by atoms with Crippen LogP contribution in [0.1, 0.15) is 245 Å². The van der Waals surface area contributed by atoms with Crippen molar-refractivity contribution in [1.29, 1.82) is 0 Å². The van der Waals surface area contributed by atoms with E-state index in [9.17, 15) is 19.0 Å². The van der Waals surface area contributed by atoms with Gasteiger partial charge in [0, 0.05) is 19.4 Å². The molecule has 0 heterocycles. The van der Waals surface area contributed by atoms with E-state index in [2.05, 4.69) is 50.3 Å². The lowest BCUT2D eigenvalue weighted by molar-refractivity contribution is -0.161. The molecule has 0 bridgehead atoms. The van der Waals surface area contributed by atoms with Gasteiger partial charge in [-0.2, -0.15) is 0 Å². The first-order valence-corrected chi connectivity index (χ1v) is 27.0. The van der Waals surface area contributed by atoms with Gasteiger partial charge in [-0.05, 0) is 70.6 Å². The first-order valence-electron chi connectivity index (χ1n) is 25.5. The van der Waals surface area contributed by atoms with Crippen molar-refractivity contribution in [2.24, 2.45) is 5.73 Å². The molecule has 0 aliphatic rings. The maximum Gasteiger partial charge on any atom is 0.472 e. The quantitative estimate of drug-likeness (QED) is 0.0265. The predicted molar refractivity (Wildman–Crippen MR) is 257 cm³/mol. The molecule has 0 amide bonds. The van der Waals surface area contributed by atoms with Crippen molar-refractivity contribution in [3.05, 3.63) is 36.5 Å². The number of hydrogen-bond donors (Lipinski definition) is 2. The lowest BCUT2D eigenvalue weighted by atomic mass is 10.0. The molecular formula is C51H96NO8P. The van der Waals surface area contributed by atoms with Crippen molar-refractivity contribution in [2.75, 3.05) is 26.4 Å². The molecule has 3 N–H and O–H groups in total. The van der Waals surface area contributed by atoms with Crippen LogP contribution in [0.25, 0.3) is 0 Å². The van der Waals surface area contributed by atoms with Crippen LogP contribution in [0.5, 0.6) is 0 Å². The summed E-state index contributed by atoms with van der Waals surface area (Å²) in [5.41, 5.74) is 5.36. The van der Waals surface area contributed by atoms with E-state index in [1.165, 1.54) is 154 Å². The summed E-state index contributed by atoms with van der Waals surface area (Å²) in [7, 11) is -4.38. The summed E-state index contributed by atoms with van der Waals surface area (Å²) in [5, 5.41) is 0. The van der Waals surface area contributed by atoms with Crippen LogP contribution in [0, 0.1) is 0 Å². The molecule has 10 heteroatoms. The van der Waals surface area contributed by atoms with E-state index < -0.39 is 26.5 Å². The largest absolute Gasteiger partial charge is 0.472 e. The molecule has 0 aromatic carbocycles. The fourth-order valence-corrected chi connectivity index (χ4v) is 7.96. The third-order valence-electron chi connectivity index (χ3n) is 11.0. The van der Waals surface area contributed by atoms with Crippen LogP contribution in [0.2, 0.25) is 0 Å². The van der Waals surface area contributed by atoms with Crippen molar-refractivity contribution < 1.29 is 37.6 Å². The van der Waals surface area contributed by atoms with Gasteiger partial charge in [0.25, 0.3) is 0 Å². The van der Waals surface area contributed by atoms with Crippen LogP contribution < -0.4 is 5.73 Å². The average molecular weight is 882 g/mol. The SMILES string of the molecule is CCCCC/C=C\C/C=C\CCCCCCCC(=O)OC(COC(=O)CCCCCCCCCCCCCCC/C=C\CCCCCCCCCC)COP(=O)(O)OCCN. The van der Waals surface area contributed by atoms with Crippen LogP contribution in [0.15, 0.2) is 36.5 Å². The van der Waals surface area contributed by atoms with Crippen LogP contribution >= 0.6 is 7.82 Å². The minimum Gasteiger partial charge on any atom is -0.462 e. The summed E-state index contributed by atoms with van der Waals surface area (Å²) < 4.78 is 32.9. The molecule has 0 saturated carbocycles. The van der Waals surface area contributed by atoms with Crippen molar-refractivity contribution in [2.45, 2.75) is 251 Å². The van der Waals surface area contributed by atoms with Gasteiger partial charge in [0.05, 0.1) is 13.2 Å². The van der Waals surface area contributed by atoms with E-state index >= 15 is 0 Å². The highest BCUT2D eigenvalue weighted by Gasteiger charge is 2.26. The summed E-state index contributed by atoms with van der Waals surface area (Å²) in [4.78, 5) is 35.0. The second-order valence-corrected chi connectivity index (χ2v) is 18.5. The van der Waals surface area contributed by atoms with Crippen molar-refractivity contribution in [3.63, 3.8) is 0 Å². The van der Waals surface area contributed by atoms with E-state index in [0.717, 1.165) is 57.8 Å². The Hall–Kier alpha value is -1.77. The van der Waals surface area contributed by atoms with Gasteiger partial charge in [0.1, 0.15) is 6.61 Å². The maximum absolute atomic E-state index is 12.6. The Kier molecular flexibility index (Phi) is 46.3. The van der Waals surface area contributed by atoms with E-state index in [1.54, 1.807) is 0 Å². The number of allylic oxidation sites excluding steroid dienone is 6. The Bertz CT molecular complexity index is 1100. The Labute approximate surface area is 375 Å². The number of hydrogen-bond acceptors (Lipinski definition) is 8. The van der Waals surface area contributed by atoms with E-state index in [-0.39, 0.29) is 38.6 Å². The molecule has 0 fully saturated rings. The standard InChI is InChI=1S/C51H96NO8P/c1-3-5-7-9-11-13-15-17-19-20-21-22-23-24-25-26-27-28-30-31-33-35-37-39-41-43-50(53)57-47-49(48-59-61(55,56)58-46-45-52)60-51(54)44-42-40-38-36-34-32-29-18-16-14-12-10-8-6-4-2/h12,14,18,20-21,29,49H,3-11,13,15-17,19,22-28,30-48,52H2,1-2H3,(H,55,56)/b14-12-,21-20-,29-18-. The topological polar surface area (TPSA) is 134 Å². The first kappa shape index (κ1) is 59.2. The zero-order chi connectivity index (χ0) is 44.6. The molecule has 0 rings (SSSR count). The molecule has 61 heavy (non-hydrogen) atoms. The number of ether oxygens (including phenoxy) is 2. The number of phosphoric ester groups is 1. The average Bonchev–Trinajstić information content (AvgIpc) is 3.25. The smallest absolute Gasteiger partial charge is 0.462 e. The second-order valence-electron chi connectivity index (χ2n) is 17.0. The fraction of sp³-hybridized carbons (Fsp3) is 0.843. The predicted octanol–water partition coefficient (Wildman–Crippen LogP) is 15.3. The van der Waals surface area contributed by atoms with Gasteiger partial charge in [-0.15, -0.1) is 0 Å². The number of carbonyl (C=O) groups excluding carboxylic acids is 2. The van der Waals surface area contributed by atoms with Gasteiger partial charge in [0.2, 0.25) is 0 Å². The second kappa shape index (κ2) is 47.7. The van der Waals surface area contributed by atoms with Gasteiger partial charge in [-0.1, -0.05) is 198 Å². The van der Waals surface area contributed by atoms with Crippen LogP contribution in [-0.2, 0) is 32.7 Å². The molecule has 0 aliphatic heterocycles. The van der Waals surface area contributed by atoms with Crippen LogP contribution in [0.3, 0.4) is 0 Å². The summed E-state index contributed by atoms with van der Waals surface area (Å²) in [5.74, 6) is -0.837. The molecule has 0 saturated heterocycles. The van der Waals surface area contributed by atoms with E-state index in [1.807, 2.05) is 0 Å². The van der Waals surface area contributed by atoms with Crippen molar-refractivity contribution >= 4 is 19.8 Å². The number of esters is 2. The summed E-state index contributed by atoms with van der Waals surface area (Å²) in [6.45, 7) is 3.72.